The number of aromatic carboxylic acids is 1. The summed E-state index contributed by atoms with van der Waals surface area (Å²) in [6, 6.07) is 17.8. The Labute approximate surface area is 209 Å². The zero-order valence-corrected chi connectivity index (χ0v) is 19.9. The van der Waals surface area contributed by atoms with Crippen molar-refractivity contribution >= 4 is 29.0 Å². The molecule has 1 aliphatic rings. The van der Waals surface area contributed by atoms with Crippen LogP contribution in [0.5, 0.6) is 0 Å². The van der Waals surface area contributed by atoms with Gasteiger partial charge >= 0.3 is 5.97 Å². The molecule has 0 spiro atoms. The molecule has 8 nitrogen and oxygen atoms in total. The Morgan fingerprint density at radius 2 is 1.78 bits per heavy atom. The molecule has 2 aromatic carbocycles. The van der Waals surface area contributed by atoms with Crippen LogP contribution < -0.4 is 0 Å². The summed E-state index contributed by atoms with van der Waals surface area (Å²) >= 11 is 1.20. The monoisotopic (exact) mass is 500 g/mol. The molecule has 0 saturated carbocycles. The summed E-state index contributed by atoms with van der Waals surface area (Å²) in [6.07, 6.45) is 1.43. The topological polar surface area (TPSA) is 121 Å². The van der Waals surface area contributed by atoms with Crippen molar-refractivity contribution in [1.29, 1.82) is 0 Å². The summed E-state index contributed by atoms with van der Waals surface area (Å²) in [6.45, 7) is 1.75. The lowest BCUT2D eigenvalue weighted by Gasteiger charge is -2.25. The third-order valence-electron chi connectivity index (χ3n) is 5.94. The smallest absolute Gasteiger partial charge is 0.335 e. The van der Waals surface area contributed by atoms with Gasteiger partial charge in [0.2, 0.25) is 5.78 Å². The number of aliphatic hydroxyl groups is 1. The third kappa shape index (κ3) is 4.09. The number of carboxylic acid groups (broad SMARTS) is 1. The van der Waals surface area contributed by atoms with Gasteiger partial charge in [0, 0.05) is 12.1 Å². The number of ketones is 1. The number of carbonyl (C=O) groups is 3. The van der Waals surface area contributed by atoms with Crippen molar-refractivity contribution in [3.63, 3.8) is 0 Å². The van der Waals surface area contributed by atoms with Gasteiger partial charge in [-0.15, -0.1) is 11.3 Å². The fourth-order valence-electron chi connectivity index (χ4n) is 4.17. The van der Waals surface area contributed by atoms with E-state index in [1.807, 2.05) is 30.3 Å². The number of aliphatic hydroxyl groups excluding tert-OH is 1. The van der Waals surface area contributed by atoms with E-state index in [1.54, 1.807) is 31.2 Å². The average Bonchev–Trinajstić information content (AvgIpc) is 3.60. The molecule has 2 aromatic heterocycles. The highest BCUT2D eigenvalue weighted by molar-refractivity contribution is 7.17. The maximum atomic E-state index is 13.8. The van der Waals surface area contributed by atoms with E-state index in [1.165, 1.54) is 34.6 Å². The predicted molar refractivity (Wildman–Crippen MR) is 132 cm³/mol. The first-order chi connectivity index (χ1) is 17.3. The minimum atomic E-state index is -1.06. The van der Waals surface area contributed by atoms with E-state index in [9.17, 15) is 19.5 Å². The summed E-state index contributed by atoms with van der Waals surface area (Å²) in [5, 5.41) is 20.7. The Hall–Kier alpha value is -4.50. The number of Topliss-reactive ketones (excluding diaryl/α,β-unsaturated/α-hetero) is 1. The summed E-state index contributed by atoms with van der Waals surface area (Å²) < 4.78 is 5.57. The minimum absolute atomic E-state index is 0.0296. The summed E-state index contributed by atoms with van der Waals surface area (Å²) in [4.78, 5) is 44.3. The quantitative estimate of drug-likeness (QED) is 0.335. The molecular formula is C27H20N2O6S. The van der Waals surface area contributed by atoms with Crippen molar-refractivity contribution < 1.29 is 29.0 Å². The molecule has 0 fully saturated rings. The van der Waals surface area contributed by atoms with Gasteiger partial charge in [-0.3, -0.25) is 9.59 Å². The van der Waals surface area contributed by atoms with E-state index in [4.69, 9.17) is 9.52 Å². The van der Waals surface area contributed by atoms with E-state index >= 15 is 0 Å². The number of nitrogens with zero attached hydrogens (tertiary/aromatic N) is 2. The Morgan fingerprint density at radius 3 is 2.42 bits per heavy atom. The highest BCUT2D eigenvalue weighted by Gasteiger charge is 2.45. The normalized spacial score (nSPS) is 15.5. The fraction of sp³-hybridized carbons (Fsp3) is 0.111. The van der Waals surface area contributed by atoms with Gasteiger partial charge in [0.15, 0.2) is 5.76 Å². The van der Waals surface area contributed by atoms with E-state index in [0.29, 0.717) is 26.9 Å². The standard InChI is InChI=1S/C27H20N2O6S/c1-15-24(36-25(28-15)17-6-3-2-4-7-17)22(30)20-21(19-8-5-13-35-19)29(26(32)23(20)31)14-16-9-11-18(12-10-16)27(33)34/h2-13,21,31H,14H2,1H3,(H,33,34). The van der Waals surface area contributed by atoms with E-state index < -0.39 is 29.5 Å². The number of aromatic nitrogens is 1. The maximum Gasteiger partial charge on any atom is 0.335 e. The van der Waals surface area contributed by atoms with Crippen LogP contribution in [0.4, 0.5) is 0 Å². The van der Waals surface area contributed by atoms with Gasteiger partial charge in [-0.2, -0.15) is 0 Å². The number of hydrogen-bond acceptors (Lipinski definition) is 7. The second-order valence-electron chi connectivity index (χ2n) is 8.24. The molecule has 180 valence electrons. The van der Waals surface area contributed by atoms with Crippen LogP contribution in [0, 0.1) is 6.92 Å². The highest BCUT2D eigenvalue weighted by Crippen LogP contribution is 2.41. The van der Waals surface area contributed by atoms with Crippen LogP contribution in [-0.4, -0.2) is 37.8 Å². The zero-order chi connectivity index (χ0) is 25.4. The molecule has 1 unspecified atom stereocenters. The molecule has 1 aliphatic heterocycles. The molecule has 0 radical (unpaired) electrons. The number of carboxylic acids is 1. The summed E-state index contributed by atoms with van der Waals surface area (Å²) in [5.41, 5.74) is 2.02. The molecular weight excluding hydrogens is 480 g/mol. The van der Waals surface area contributed by atoms with Gasteiger partial charge in [0.25, 0.3) is 5.91 Å². The first-order valence-corrected chi connectivity index (χ1v) is 11.8. The van der Waals surface area contributed by atoms with Gasteiger partial charge in [0.1, 0.15) is 16.8 Å². The molecule has 0 saturated heterocycles. The van der Waals surface area contributed by atoms with Gasteiger partial charge in [-0.25, -0.2) is 9.78 Å². The van der Waals surface area contributed by atoms with Crippen LogP contribution in [0.15, 0.2) is 88.7 Å². The van der Waals surface area contributed by atoms with Crippen LogP contribution >= 0.6 is 11.3 Å². The van der Waals surface area contributed by atoms with Gasteiger partial charge in [-0.05, 0) is 36.8 Å². The number of furan rings is 1. The SMILES string of the molecule is Cc1nc(-c2ccccc2)sc1C(=O)C1=C(O)C(=O)N(Cc2ccc(C(=O)O)cc2)C1c1ccco1. The second-order valence-corrected chi connectivity index (χ2v) is 9.24. The number of hydrogen-bond donors (Lipinski definition) is 2. The molecule has 4 aromatic rings. The summed E-state index contributed by atoms with van der Waals surface area (Å²) in [5.74, 6) is -2.59. The molecule has 1 atom stereocenters. The number of benzene rings is 2. The van der Waals surface area contributed by atoms with Crippen molar-refractivity contribution in [1.82, 2.24) is 9.88 Å². The van der Waals surface area contributed by atoms with Gasteiger partial charge < -0.3 is 19.5 Å². The molecule has 5 rings (SSSR count). The van der Waals surface area contributed by atoms with Crippen LogP contribution in [-0.2, 0) is 11.3 Å². The van der Waals surface area contributed by atoms with Crippen LogP contribution in [0.3, 0.4) is 0 Å². The lowest BCUT2D eigenvalue weighted by atomic mass is 9.99. The molecule has 0 aliphatic carbocycles. The lowest BCUT2D eigenvalue weighted by molar-refractivity contribution is -0.130. The number of carbonyl (C=O) groups excluding carboxylic acids is 2. The minimum Gasteiger partial charge on any atom is -0.503 e. The van der Waals surface area contributed by atoms with Gasteiger partial charge in [0.05, 0.1) is 28.0 Å². The van der Waals surface area contributed by atoms with Crippen LogP contribution in [0.2, 0.25) is 0 Å². The van der Waals surface area contributed by atoms with E-state index in [2.05, 4.69) is 4.98 Å². The van der Waals surface area contributed by atoms with Crippen molar-refractivity contribution in [3.8, 4) is 10.6 Å². The molecule has 2 N–H and O–H groups in total. The number of aryl methyl sites for hydroxylation is 1. The Bertz CT molecular complexity index is 1490. The van der Waals surface area contributed by atoms with Crippen LogP contribution in [0.1, 0.15) is 43.1 Å². The number of thiazole rings is 1. The first kappa shape index (κ1) is 23.3. The number of rotatable bonds is 7. The van der Waals surface area contributed by atoms with Crippen LogP contribution in [0.25, 0.3) is 10.6 Å². The Morgan fingerprint density at radius 1 is 1.06 bits per heavy atom. The fourth-order valence-corrected chi connectivity index (χ4v) is 5.20. The molecule has 9 heteroatoms. The lowest BCUT2D eigenvalue weighted by Crippen LogP contribution is -2.30. The van der Waals surface area contributed by atoms with Crippen molar-refractivity contribution in [2.45, 2.75) is 19.5 Å². The summed E-state index contributed by atoms with van der Waals surface area (Å²) in [7, 11) is 0. The Balaban J connectivity index is 1.52. The van der Waals surface area contributed by atoms with Crippen molar-refractivity contribution in [2.24, 2.45) is 0 Å². The molecule has 0 bridgehead atoms. The molecule has 3 heterocycles. The first-order valence-electron chi connectivity index (χ1n) is 11.0. The highest BCUT2D eigenvalue weighted by atomic mass is 32.1. The predicted octanol–water partition coefficient (Wildman–Crippen LogP) is 5.19. The van der Waals surface area contributed by atoms with Gasteiger partial charge in [-0.1, -0.05) is 42.5 Å². The third-order valence-corrected chi connectivity index (χ3v) is 7.14. The van der Waals surface area contributed by atoms with Crippen molar-refractivity contribution in [2.75, 3.05) is 0 Å². The molecule has 1 amide bonds. The van der Waals surface area contributed by atoms with E-state index in [0.717, 1.165) is 5.56 Å². The average molecular weight is 501 g/mol. The number of amides is 1. The maximum absolute atomic E-state index is 13.8. The Kier molecular flexibility index (Phi) is 5.99. The molecule has 36 heavy (non-hydrogen) atoms. The van der Waals surface area contributed by atoms with Crippen molar-refractivity contribution in [3.05, 3.63) is 112 Å². The second kappa shape index (κ2) is 9.27. The zero-order valence-electron chi connectivity index (χ0n) is 19.0. The largest absolute Gasteiger partial charge is 0.503 e. The van der Waals surface area contributed by atoms with E-state index in [-0.39, 0.29) is 17.7 Å².